The predicted molar refractivity (Wildman–Crippen MR) is 127 cm³/mol. The van der Waals surface area contributed by atoms with Crippen LogP contribution in [0.15, 0.2) is 66.9 Å². The van der Waals surface area contributed by atoms with Gasteiger partial charge in [0.15, 0.2) is 11.6 Å². The van der Waals surface area contributed by atoms with Crippen LogP contribution < -0.4 is 9.64 Å². The first-order valence-electron chi connectivity index (χ1n) is 11.2. The summed E-state index contributed by atoms with van der Waals surface area (Å²) in [5.41, 5.74) is 1.63. The van der Waals surface area contributed by atoms with Gasteiger partial charge in [0, 0.05) is 56.3 Å². The highest BCUT2D eigenvalue weighted by molar-refractivity contribution is 5.96. The summed E-state index contributed by atoms with van der Waals surface area (Å²) < 4.78 is 5.12. The van der Waals surface area contributed by atoms with Crippen molar-refractivity contribution in [1.29, 1.82) is 0 Å². The Morgan fingerprint density at radius 1 is 0.909 bits per heavy atom. The van der Waals surface area contributed by atoms with E-state index in [0.717, 1.165) is 30.2 Å². The Morgan fingerprint density at radius 3 is 2.33 bits per heavy atom. The second-order valence-corrected chi connectivity index (χ2v) is 7.98. The van der Waals surface area contributed by atoms with E-state index in [2.05, 4.69) is 9.88 Å². The molecule has 1 aliphatic heterocycles. The Kier molecular flexibility index (Phi) is 7.29. The highest BCUT2D eigenvalue weighted by atomic mass is 16.5. The van der Waals surface area contributed by atoms with Crippen molar-refractivity contribution in [1.82, 2.24) is 14.9 Å². The smallest absolute Gasteiger partial charge is 0.222 e. The summed E-state index contributed by atoms with van der Waals surface area (Å²) in [6.07, 6.45) is 3.08. The van der Waals surface area contributed by atoms with Gasteiger partial charge in [-0.05, 0) is 36.8 Å². The van der Waals surface area contributed by atoms with Crippen molar-refractivity contribution >= 4 is 17.5 Å². The largest absolute Gasteiger partial charge is 0.497 e. The van der Waals surface area contributed by atoms with Crippen LogP contribution in [-0.2, 0) is 4.79 Å². The molecule has 1 amide bonds. The maximum absolute atomic E-state index is 12.6. The minimum absolute atomic E-state index is 0.0493. The zero-order valence-electron chi connectivity index (χ0n) is 18.8. The summed E-state index contributed by atoms with van der Waals surface area (Å²) in [6.45, 7) is 2.75. The lowest BCUT2D eigenvalue weighted by atomic mass is 10.0. The number of anilines is 1. The molecule has 7 nitrogen and oxygen atoms in total. The van der Waals surface area contributed by atoms with Gasteiger partial charge in [0.1, 0.15) is 11.6 Å². The number of nitrogens with zero attached hydrogens (tertiary/aromatic N) is 4. The molecule has 1 saturated heterocycles. The van der Waals surface area contributed by atoms with Gasteiger partial charge >= 0.3 is 0 Å². The second-order valence-electron chi connectivity index (χ2n) is 7.98. The highest BCUT2D eigenvalue weighted by Gasteiger charge is 2.22. The fraction of sp³-hybridized carbons (Fsp3) is 0.308. The number of hydrogen-bond acceptors (Lipinski definition) is 6. The maximum atomic E-state index is 12.6. The zero-order chi connectivity index (χ0) is 23.0. The van der Waals surface area contributed by atoms with Crippen LogP contribution in [-0.4, -0.2) is 59.8 Å². The lowest BCUT2D eigenvalue weighted by Crippen LogP contribution is -2.49. The van der Waals surface area contributed by atoms with Crippen molar-refractivity contribution in [3.8, 4) is 17.1 Å². The number of aromatic nitrogens is 2. The van der Waals surface area contributed by atoms with Crippen LogP contribution in [0.1, 0.15) is 29.6 Å². The van der Waals surface area contributed by atoms with Gasteiger partial charge in [-0.25, -0.2) is 9.97 Å². The van der Waals surface area contributed by atoms with Gasteiger partial charge in [-0.1, -0.05) is 30.3 Å². The summed E-state index contributed by atoms with van der Waals surface area (Å²) in [5.74, 6) is 2.45. The topological polar surface area (TPSA) is 75.6 Å². The molecule has 0 unspecified atom stereocenters. The van der Waals surface area contributed by atoms with Gasteiger partial charge in [0.05, 0.1) is 7.11 Å². The SMILES string of the molecule is COc1ccc(C(=O)CCCC(=O)N2CCN(c3ccnc(-c4ccccc4)n3)CC2)cc1. The third-order valence-electron chi connectivity index (χ3n) is 5.84. The number of piperazine rings is 1. The van der Waals surface area contributed by atoms with Gasteiger partial charge in [-0.15, -0.1) is 0 Å². The van der Waals surface area contributed by atoms with E-state index in [9.17, 15) is 9.59 Å². The molecular weight excluding hydrogens is 416 g/mol. The lowest BCUT2D eigenvalue weighted by Gasteiger charge is -2.35. The standard InChI is InChI=1S/C26H28N4O3/c1-33-22-12-10-20(11-13-22)23(31)8-5-9-25(32)30-18-16-29(17-19-30)24-14-15-27-26(28-24)21-6-3-2-4-7-21/h2-4,6-7,10-15H,5,8-9,16-19H2,1H3. The number of hydrogen-bond donors (Lipinski definition) is 0. The average Bonchev–Trinajstić information content (AvgIpc) is 2.89. The first-order chi connectivity index (χ1) is 16.1. The van der Waals surface area contributed by atoms with E-state index in [-0.39, 0.29) is 11.7 Å². The Morgan fingerprint density at radius 2 is 1.64 bits per heavy atom. The van der Waals surface area contributed by atoms with Crippen molar-refractivity contribution in [2.24, 2.45) is 0 Å². The number of benzene rings is 2. The number of amides is 1. The molecule has 7 heteroatoms. The van der Waals surface area contributed by atoms with Crippen LogP contribution >= 0.6 is 0 Å². The molecule has 0 atom stereocenters. The fourth-order valence-corrected chi connectivity index (χ4v) is 3.92. The first kappa shape index (κ1) is 22.5. The van der Waals surface area contributed by atoms with E-state index in [4.69, 9.17) is 9.72 Å². The van der Waals surface area contributed by atoms with E-state index in [0.29, 0.717) is 43.7 Å². The monoisotopic (exact) mass is 444 g/mol. The van der Waals surface area contributed by atoms with Crippen LogP contribution in [0.2, 0.25) is 0 Å². The molecule has 0 radical (unpaired) electrons. The van der Waals surface area contributed by atoms with Crippen LogP contribution in [0.3, 0.4) is 0 Å². The summed E-state index contributed by atoms with van der Waals surface area (Å²) in [6, 6.07) is 18.9. The lowest BCUT2D eigenvalue weighted by molar-refractivity contribution is -0.131. The summed E-state index contributed by atoms with van der Waals surface area (Å²) in [7, 11) is 1.60. The van der Waals surface area contributed by atoms with Gasteiger partial charge in [0.25, 0.3) is 0 Å². The fourth-order valence-electron chi connectivity index (χ4n) is 3.92. The number of rotatable bonds is 8. The molecule has 0 spiro atoms. The molecule has 1 aromatic heterocycles. The minimum Gasteiger partial charge on any atom is -0.497 e. The Hall–Kier alpha value is -3.74. The van der Waals surface area contributed by atoms with Crippen LogP contribution in [0.4, 0.5) is 5.82 Å². The molecule has 3 aromatic rings. The quantitative estimate of drug-likeness (QED) is 0.491. The molecule has 2 heterocycles. The van der Waals surface area contributed by atoms with E-state index in [1.807, 2.05) is 41.3 Å². The second kappa shape index (κ2) is 10.7. The van der Waals surface area contributed by atoms with Gasteiger partial charge in [-0.2, -0.15) is 0 Å². The van der Waals surface area contributed by atoms with E-state index < -0.39 is 0 Å². The summed E-state index contributed by atoms with van der Waals surface area (Å²) in [4.78, 5) is 38.2. The van der Waals surface area contributed by atoms with Crippen molar-refractivity contribution in [2.45, 2.75) is 19.3 Å². The molecule has 0 bridgehead atoms. The van der Waals surface area contributed by atoms with Crippen molar-refractivity contribution in [3.05, 3.63) is 72.4 Å². The highest BCUT2D eigenvalue weighted by Crippen LogP contribution is 2.20. The Bertz CT molecular complexity index is 1080. The van der Waals surface area contributed by atoms with Gasteiger partial charge in [-0.3, -0.25) is 9.59 Å². The van der Waals surface area contributed by atoms with Crippen LogP contribution in [0, 0.1) is 0 Å². The van der Waals surface area contributed by atoms with Gasteiger partial charge < -0.3 is 14.5 Å². The van der Waals surface area contributed by atoms with Gasteiger partial charge in [0.2, 0.25) is 5.91 Å². The summed E-state index contributed by atoms with van der Waals surface area (Å²) >= 11 is 0. The van der Waals surface area contributed by atoms with Crippen molar-refractivity contribution in [2.75, 3.05) is 38.2 Å². The minimum atomic E-state index is 0.0493. The maximum Gasteiger partial charge on any atom is 0.222 e. The van der Waals surface area contributed by atoms with E-state index >= 15 is 0 Å². The predicted octanol–water partition coefficient (Wildman–Crippen LogP) is 3.85. The first-order valence-corrected chi connectivity index (χ1v) is 11.2. The summed E-state index contributed by atoms with van der Waals surface area (Å²) in [5, 5.41) is 0. The van der Waals surface area contributed by atoms with Crippen LogP contribution in [0.25, 0.3) is 11.4 Å². The molecule has 0 saturated carbocycles. The molecular formula is C26H28N4O3. The van der Waals surface area contributed by atoms with E-state index in [1.54, 1.807) is 37.6 Å². The number of carbonyl (C=O) groups excluding carboxylic acids is 2. The Labute approximate surface area is 194 Å². The number of methoxy groups -OCH3 is 1. The Balaban J connectivity index is 1.24. The van der Waals surface area contributed by atoms with Crippen molar-refractivity contribution in [3.63, 3.8) is 0 Å². The third-order valence-corrected chi connectivity index (χ3v) is 5.84. The molecule has 0 aliphatic carbocycles. The average molecular weight is 445 g/mol. The normalized spacial score (nSPS) is 13.6. The molecule has 4 rings (SSSR count). The molecule has 0 N–H and O–H groups in total. The third kappa shape index (κ3) is 5.74. The number of Topliss-reactive ketones (excluding diaryl/α,β-unsaturated/α-hetero) is 1. The zero-order valence-corrected chi connectivity index (χ0v) is 18.8. The number of ether oxygens (including phenoxy) is 1. The number of ketones is 1. The molecule has 170 valence electrons. The molecule has 1 fully saturated rings. The molecule has 2 aromatic carbocycles. The molecule has 33 heavy (non-hydrogen) atoms. The van der Waals surface area contributed by atoms with Crippen LogP contribution in [0.5, 0.6) is 5.75 Å². The number of carbonyl (C=O) groups is 2. The molecule has 1 aliphatic rings. The van der Waals surface area contributed by atoms with Crippen molar-refractivity contribution < 1.29 is 14.3 Å². The van der Waals surface area contributed by atoms with E-state index in [1.165, 1.54) is 0 Å².